The Labute approximate surface area is 162 Å². The molecule has 1 unspecified atom stereocenters. The maximum Gasteiger partial charge on any atom is 0.252 e. The van der Waals surface area contributed by atoms with Gasteiger partial charge in [0.2, 0.25) is 11.9 Å². The van der Waals surface area contributed by atoms with Gasteiger partial charge in [-0.25, -0.2) is 4.68 Å². The first-order valence-corrected chi connectivity index (χ1v) is 9.24. The maximum absolute atomic E-state index is 12.5. The van der Waals surface area contributed by atoms with E-state index < -0.39 is 6.04 Å². The van der Waals surface area contributed by atoms with Gasteiger partial charge < -0.3 is 5.32 Å². The average molecular weight is 375 g/mol. The van der Waals surface area contributed by atoms with Crippen LogP contribution in [-0.4, -0.2) is 26.6 Å². The molecular formula is C21H21N5O2. The summed E-state index contributed by atoms with van der Waals surface area (Å²) in [5.74, 6) is 0.784. The van der Waals surface area contributed by atoms with Crippen LogP contribution < -0.4 is 10.6 Å². The molecule has 1 aliphatic heterocycles. The summed E-state index contributed by atoms with van der Waals surface area (Å²) in [5, 5.41) is 9.97. The highest BCUT2D eigenvalue weighted by Gasteiger charge is 2.35. The highest BCUT2D eigenvalue weighted by Crippen LogP contribution is 2.28. The third-order valence-corrected chi connectivity index (χ3v) is 4.74. The molecule has 4 rings (SSSR count). The molecule has 7 nitrogen and oxygen atoms in total. The van der Waals surface area contributed by atoms with Crippen LogP contribution in [0.1, 0.15) is 37.8 Å². The van der Waals surface area contributed by atoms with Crippen molar-refractivity contribution in [3.05, 3.63) is 60.2 Å². The molecule has 0 radical (unpaired) electrons. The zero-order valence-corrected chi connectivity index (χ0v) is 15.7. The zero-order valence-electron chi connectivity index (χ0n) is 15.7. The SMILES string of the molecule is CC(C)c1ccc(NC(=O)CC2C(=O)Nc3nc(-c4ccccc4)nn32)cc1. The molecule has 2 amide bonds. The summed E-state index contributed by atoms with van der Waals surface area (Å²) in [6, 6.07) is 16.5. The minimum absolute atomic E-state index is 0.0116. The lowest BCUT2D eigenvalue weighted by molar-refractivity contribution is -0.123. The number of fused-ring (bicyclic) bond motifs is 1. The Morgan fingerprint density at radius 1 is 1.14 bits per heavy atom. The molecule has 0 bridgehead atoms. The highest BCUT2D eigenvalue weighted by atomic mass is 16.2. The lowest BCUT2D eigenvalue weighted by Gasteiger charge is -2.11. The van der Waals surface area contributed by atoms with Crippen molar-refractivity contribution in [1.82, 2.24) is 14.8 Å². The first kappa shape index (κ1) is 17.9. The quantitative estimate of drug-likeness (QED) is 0.713. The van der Waals surface area contributed by atoms with Gasteiger partial charge >= 0.3 is 0 Å². The number of benzene rings is 2. The fourth-order valence-electron chi connectivity index (χ4n) is 3.16. The smallest absolute Gasteiger partial charge is 0.252 e. The summed E-state index contributed by atoms with van der Waals surface area (Å²) in [6.07, 6.45) is -0.0116. The summed E-state index contributed by atoms with van der Waals surface area (Å²) >= 11 is 0. The molecule has 0 saturated carbocycles. The Kier molecular flexibility index (Phi) is 4.65. The van der Waals surface area contributed by atoms with E-state index in [4.69, 9.17) is 0 Å². The van der Waals surface area contributed by atoms with Crippen LogP contribution in [0.15, 0.2) is 54.6 Å². The Balaban J connectivity index is 1.47. The Bertz CT molecular complexity index is 1010. The number of aromatic nitrogens is 3. The number of nitrogens with zero attached hydrogens (tertiary/aromatic N) is 3. The molecule has 28 heavy (non-hydrogen) atoms. The molecule has 1 atom stereocenters. The number of amides is 2. The van der Waals surface area contributed by atoms with E-state index in [1.165, 1.54) is 10.2 Å². The fourth-order valence-corrected chi connectivity index (χ4v) is 3.16. The van der Waals surface area contributed by atoms with Crippen LogP contribution in [0, 0.1) is 0 Å². The second-order valence-corrected chi connectivity index (χ2v) is 7.10. The number of anilines is 2. The van der Waals surface area contributed by atoms with E-state index in [9.17, 15) is 9.59 Å². The van der Waals surface area contributed by atoms with Crippen molar-refractivity contribution < 1.29 is 9.59 Å². The monoisotopic (exact) mass is 375 g/mol. The molecule has 0 aliphatic carbocycles. The minimum Gasteiger partial charge on any atom is -0.326 e. The standard InChI is InChI=1S/C21H21N5O2/c1-13(2)14-8-10-16(11-9-14)22-18(27)12-17-20(28)24-21-23-19(25-26(17)21)15-6-4-3-5-7-15/h3-11,13,17H,12H2,1-2H3,(H,22,27)(H,23,24,25,28). The van der Waals surface area contributed by atoms with Crippen molar-refractivity contribution in [2.24, 2.45) is 0 Å². The van der Waals surface area contributed by atoms with Gasteiger partial charge in [0.15, 0.2) is 5.82 Å². The molecule has 2 N–H and O–H groups in total. The summed E-state index contributed by atoms with van der Waals surface area (Å²) in [5.41, 5.74) is 2.76. The number of hydrogen-bond donors (Lipinski definition) is 2. The number of carbonyl (C=O) groups excluding carboxylic acids is 2. The third-order valence-electron chi connectivity index (χ3n) is 4.74. The molecule has 2 heterocycles. The molecule has 2 aromatic carbocycles. The van der Waals surface area contributed by atoms with Gasteiger partial charge in [-0.2, -0.15) is 4.98 Å². The number of carbonyl (C=O) groups is 2. The van der Waals surface area contributed by atoms with Gasteiger partial charge in [0.25, 0.3) is 5.91 Å². The summed E-state index contributed by atoms with van der Waals surface area (Å²) < 4.78 is 1.49. The average Bonchev–Trinajstić information content (AvgIpc) is 3.22. The van der Waals surface area contributed by atoms with Crippen molar-refractivity contribution in [3.63, 3.8) is 0 Å². The van der Waals surface area contributed by atoms with Crippen molar-refractivity contribution >= 4 is 23.5 Å². The van der Waals surface area contributed by atoms with E-state index in [1.807, 2.05) is 54.6 Å². The van der Waals surface area contributed by atoms with E-state index >= 15 is 0 Å². The van der Waals surface area contributed by atoms with Crippen molar-refractivity contribution in [3.8, 4) is 11.4 Å². The van der Waals surface area contributed by atoms with Gasteiger partial charge in [0, 0.05) is 11.3 Å². The molecule has 7 heteroatoms. The first-order valence-electron chi connectivity index (χ1n) is 9.24. The molecule has 0 fully saturated rings. The van der Waals surface area contributed by atoms with Crippen LogP contribution >= 0.6 is 0 Å². The predicted octanol–water partition coefficient (Wildman–Crippen LogP) is 3.59. The predicted molar refractivity (Wildman–Crippen MR) is 107 cm³/mol. The van der Waals surface area contributed by atoms with E-state index in [1.54, 1.807) is 0 Å². The van der Waals surface area contributed by atoms with Crippen molar-refractivity contribution in [2.75, 3.05) is 10.6 Å². The molecule has 1 aliphatic rings. The molecule has 3 aromatic rings. The van der Waals surface area contributed by atoms with Crippen LogP contribution in [0.2, 0.25) is 0 Å². The van der Waals surface area contributed by atoms with Crippen LogP contribution in [-0.2, 0) is 9.59 Å². The van der Waals surface area contributed by atoms with E-state index in [2.05, 4.69) is 34.6 Å². The molecule has 1 aromatic heterocycles. The largest absolute Gasteiger partial charge is 0.326 e. The second kappa shape index (κ2) is 7.26. The van der Waals surface area contributed by atoms with Crippen LogP contribution in [0.25, 0.3) is 11.4 Å². The summed E-state index contributed by atoms with van der Waals surface area (Å²) in [7, 11) is 0. The number of hydrogen-bond acceptors (Lipinski definition) is 4. The van der Waals surface area contributed by atoms with E-state index in [-0.39, 0.29) is 18.2 Å². The zero-order chi connectivity index (χ0) is 19.7. The maximum atomic E-state index is 12.5. The van der Waals surface area contributed by atoms with Gasteiger partial charge in [0.1, 0.15) is 6.04 Å². The summed E-state index contributed by atoms with van der Waals surface area (Å²) in [4.78, 5) is 29.1. The van der Waals surface area contributed by atoms with E-state index in [0.29, 0.717) is 23.4 Å². The van der Waals surface area contributed by atoms with Crippen LogP contribution in [0.4, 0.5) is 11.6 Å². The molecule has 0 spiro atoms. The Morgan fingerprint density at radius 2 is 1.86 bits per heavy atom. The first-order chi connectivity index (χ1) is 13.5. The Morgan fingerprint density at radius 3 is 2.54 bits per heavy atom. The molecule has 0 saturated heterocycles. The normalized spacial score (nSPS) is 15.4. The van der Waals surface area contributed by atoms with Gasteiger partial charge in [0.05, 0.1) is 6.42 Å². The van der Waals surface area contributed by atoms with Crippen LogP contribution in [0.5, 0.6) is 0 Å². The topological polar surface area (TPSA) is 88.9 Å². The molecule has 142 valence electrons. The van der Waals surface area contributed by atoms with Gasteiger partial charge in [-0.3, -0.25) is 14.9 Å². The molecular weight excluding hydrogens is 354 g/mol. The van der Waals surface area contributed by atoms with Crippen LogP contribution in [0.3, 0.4) is 0 Å². The number of nitrogens with one attached hydrogen (secondary N) is 2. The second-order valence-electron chi connectivity index (χ2n) is 7.10. The van der Waals surface area contributed by atoms with Crippen molar-refractivity contribution in [1.29, 1.82) is 0 Å². The number of rotatable bonds is 5. The minimum atomic E-state index is -0.713. The van der Waals surface area contributed by atoms with Gasteiger partial charge in [-0.15, -0.1) is 5.10 Å². The van der Waals surface area contributed by atoms with Gasteiger partial charge in [-0.1, -0.05) is 56.3 Å². The fraction of sp³-hybridized carbons (Fsp3) is 0.238. The van der Waals surface area contributed by atoms with Gasteiger partial charge in [-0.05, 0) is 23.6 Å². The lowest BCUT2D eigenvalue weighted by Crippen LogP contribution is -2.23. The van der Waals surface area contributed by atoms with E-state index in [0.717, 1.165) is 5.56 Å². The summed E-state index contributed by atoms with van der Waals surface area (Å²) in [6.45, 7) is 4.23. The van der Waals surface area contributed by atoms with Crippen molar-refractivity contribution in [2.45, 2.75) is 32.2 Å². The lowest BCUT2D eigenvalue weighted by atomic mass is 10.0. The highest BCUT2D eigenvalue weighted by molar-refractivity contribution is 6.01. The Hall–Kier alpha value is -3.48. The third kappa shape index (κ3) is 3.51.